The zero-order valence-corrected chi connectivity index (χ0v) is 15.9. The van der Waals surface area contributed by atoms with Gasteiger partial charge in [0.2, 0.25) is 11.8 Å². The molecule has 0 radical (unpaired) electrons. The Kier molecular flexibility index (Phi) is 6.12. The number of hydrogen-bond donors (Lipinski definition) is 3. The minimum Gasteiger partial charge on any atom is -0.347 e. The largest absolute Gasteiger partial charge is 0.347 e. The number of carbonyl (C=O) groups excluding carboxylic acids is 2. The van der Waals surface area contributed by atoms with E-state index in [0.29, 0.717) is 11.8 Å². The van der Waals surface area contributed by atoms with Gasteiger partial charge in [0.05, 0.1) is 12.5 Å². The van der Waals surface area contributed by atoms with Crippen LogP contribution < -0.4 is 16.4 Å². The molecule has 0 spiro atoms. The van der Waals surface area contributed by atoms with Crippen molar-refractivity contribution in [2.24, 2.45) is 23.5 Å². The smallest absolute Gasteiger partial charge is 0.243 e. The molecule has 4 atom stereocenters. The molecule has 2 aliphatic carbocycles. The summed E-state index contributed by atoms with van der Waals surface area (Å²) in [5.41, 5.74) is 10.2. The maximum absolute atomic E-state index is 12.4. The molecule has 2 aliphatic rings. The van der Waals surface area contributed by atoms with Crippen LogP contribution in [-0.2, 0) is 9.59 Å². The van der Waals surface area contributed by atoms with E-state index in [-0.39, 0.29) is 42.7 Å². The third-order valence-corrected chi connectivity index (χ3v) is 5.65. The standard InChI is InChI=1S/C19H27N3O2.ClH/c1-10-6-11(2)18(12(3)7-10)22-15(23)9-21-19(24)16-13-4-5-14(8-13)17(16)20;/h6-7,13-14,16-17H,4-5,8-9,20H2,1-3H3,(H,21,24)(H,22,23);1H. The lowest BCUT2D eigenvalue weighted by Crippen LogP contribution is -2.46. The van der Waals surface area contributed by atoms with E-state index in [0.717, 1.165) is 36.1 Å². The van der Waals surface area contributed by atoms with Gasteiger partial charge in [-0.05, 0) is 63.0 Å². The highest BCUT2D eigenvalue weighted by atomic mass is 35.5. The number of rotatable bonds is 4. The fourth-order valence-corrected chi connectivity index (χ4v) is 4.57. The van der Waals surface area contributed by atoms with Gasteiger partial charge in [0.15, 0.2) is 0 Å². The fourth-order valence-electron chi connectivity index (χ4n) is 4.57. The lowest BCUT2D eigenvalue weighted by Gasteiger charge is -2.26. The van der Waals surface area contributed by atoms with E-state index >= 15 is 0 Å². The third kappa shape index (κ3) is 3.98. The first kappa shape index (κ1) is 19.7. The topological polar surface area (TPSA) is 84.2 Å². The first-order valence-electron chi connectivity index (χ1n) is 8.78. The Morgan fingerprint density at radius 3 is 2.28 bits per heavy atom. The van der Waals surface area contributed by atoms with Crippen LogP contribution in [0.2, 0.25) is 0 Å². The van der Waals surface area contributed by atoms with Gasteiger partial charge in [-0.3, -0.25) is 9.59 Å². The van der Waals surface area contributed by atoms with Gasteiger partial charge in [-0.2, -0.15) is 0 Å². The van der Waals surface area contributed by atoms with E-state index in [1.165, 1.54) is 5.56 Å². The second-order valence-electron chi connectivity index (χ2n) is 7.48. The van der Waals surface area contributed by atoms with Crippen molar-refractivity contribution in [2.75, 3.05) is 11.9 Å². The van der Waals surface area contributed by atoms with Crippen molar-refractivity contribution >= 4 is 29.9 Å². The van der Waals surface area contributed by atoms with Crippen molar-refractivity contribution < 1.29 is 9.59 Å². The highest BCUT2D eigenvalue weighted by Crippen LogP contribution is 2.47. The molecule has 0 aliphatic heterocycles. The quantitative estimate of drug-likeness (QED) is 0.766. The van der Waals surface area contributed by atoms with Gasteiger partial charge in [-0.1, -0.05) is 17.7 Å². The van der Waals surface area contributed by atoms with Crippen molar-refractivity contribution in [3.8, 4) is 0 Å². The first-order valence-corrected chi connectivity index (χ1v) is 8.78. The first-order chi connectivity index (χ1) is 11.4. The molecule has 3 rings (SSSR count). The Hall–Kier alpha value is -1.59. The molecule has 4 unspecified atom stereocenters. The monoisotopic (exact) mass is 365 g/mol. The SMILES string of the molecule is Cc1cc(C)c(NC(=O)CNC(=O)C2C3CCC(C3)C2N)c(C)c1.Cl. The zero-order valence-electron chi connectivity index (χ0n) is 15.1. The number of amides is 2. The predicted octanol–water partition coefficient (Wildman–Crippen LogP) is 2.46. The summed E-state index contributed by atoms with van der Waals surface area (Å²) in [6.07, 6.45) is 3.29. The van der Waals surface area contributed by atoms with E-state index in [4.69, 9.17) is 5.73 Å². The number of nitrogens with two attached hydrogens (primary N) is 1. The van der Waals surface area contributed by atoms with Crippen molar-refractivity contribution in [1.29, 1.82) is 0 Å². The minimum atomic E-state index is -0.199. The Morgan fingerprint density at radius 2 is 1.72 bits per heavy atom. The summed E-state index contributed by atoms with van der Waals surface area (Å²) in [5, 5.41) is 5.69. The summed E-state index contributed by atoms with van der Waals surface area (Å²) < 4.78 is 0. The number of halogens is 1. The van der Waals surface area contributed by atoms with E-state index < -0.39 is 0 Å². The number of nitrogens with one attached hydrogen (secondary N) is 2. The van der Waals surface area contributed by atoms with Gasteiger partial charge in [0.25, 0.3) is 0 Å². The maximum Gasteiger partial charge on any atom is 0.243 e. The molecule has 25 heavy (non-hydrogen) atoms. The zero-order chi connectivity index (χ0) is 17.4. The molecular formula is C19H28ClN3O2. The molecule has 1 aromatic carbocycles. The number of carbonyl (C=O) groups is 2. The van der Waals surface area contributed by atoms with Crippen LogP contribution in [0, 0.1) is 38.5 Å². The van der Waals surface area contributed by atoms with Crippen LogP contribution in [0.15, 0.2) is 12.1 Å². The molecular weight excluding hydrogens is 338 g/mol. The Balaban J connectivity index is 0.00000225. The minimum absolute atomic E-state index is 0. The molecule has 2 saturated carbocycles. The van der Waals surface area contributed by atoms with E-state index in [1.54, 1.807) is 0 Å². The number of fused-ring (bicyclic) bond motifs is 2. The Morgan fingerprint density at radius 1 is 1.12 bits per heavy atom. The van der Waals surface area contributed by atoms with Gasteiger partial charge in [0, 0.05) is 11.7 Å². The molecule has 0 aromatic heterocycles. The Bertz CT molecular complexity index is 652. The average Bonchev–Trinajstić information content (AvgIpc) is 3.09. The summed E-state index contributed by atoms with van der Waals surface area (Å²) in [6, 6.07) is 4.03. The van der Waals surface area contributed by atoms with Crippen LogP contribution in [0.1, 0.15) is 36.0 Å². The highest BCUT2D eigenvalue weighted by Gasteiger charge is 2.48. The highest BCUT2D eigenvalue weighted by molar-refractivity contribution is 5.96. The van der Waals surface area contributed by atoms with Crippen LogP contribution in [0.25, 0.3) is 0 Å². The molecule has 6 heteroatoms. The number of aryl methyl sites for hydroxylation is 3. The van der Waals surface area contributed by atoms with Crippen LogP contribution in [-0.4, -0.2) is 24.4 Å². The average molecular weight is 366 g/mol. The van der Waals surface area contributed by atoms with Gasteiger partial charge in [-0.15, -0.1) is 12.4 Å². The third-order valence-electron chi connectivity index (χ3n) is 5.65. The van der Waals surface area contributed by atoms with Crippen molar-refractivity contribution in [2.45, 2.75) is 46.1 Å². The van der Waals surface area contributed by atoms with Crippen LogP contribution in [0.4, 0.5) is 5.69 Å². The number of benzene rings is 1. The Labute approximate surface area is 155 Å². The van der Waals surface area contributed by atoms with Gasteiger partial charge >= 0.3 is 0 Å². The number of hydrogen-bond acceptors (Lipinski definition) is 3. The van der Waals surface area contributed by atoms with Gasteiger partial charge < -0.3 is 16.4 Å². The van der Waals surface area contributed by atoms with Crippen molar-refractivity contribution in [1.82, 2.24) is 5.32 Å². The summed E-state index contributed by atoms with van der Waals surface area (Å²) in [7, 11) is 0. The van der Waals surface area contributed by atoms with E-state index in [1.807, 2.05) is 32.9 Å². The molecule has 5 nitrogen and oxygen atoms in total. The molecule has 4 N–H and O–H groups in total. The molecule has 1 aromatic rings. The van der Waals surface area contributed by atoms with Crippen LogP contribution in [0.5, 0.6) is 0 Å². The molecule has 2 amide bonds. The normalized spacial score (nSPS) is 26.9. The lowest BCUT2D eigenvalue weighted by atomic mass is 9.84. The molecule has 0 saturated heterocycles. The van der Waals surface area contributed by atoms with E-state index in [9.17, 15) is 9.59 Å². The summed E-state index contributed by atoms with van der Waals surface area (Å²) in [6.45, 7) is 5.97. The van der Waals surface area contributed by atoms with E-state index in [2.05, 4.69) is 10.6 Å². The van der Waals surface area contributed by atoms with Gasteiger partial charge in [-0.25, -0.2) is 0 Å². The van der Waals surface area contributed by atoms with Crippen LogP contribution >= 0.6 is 12.4 Å². The second-order valence-corrected chi connectivity index (χ2v) is 7.48. The summed E-state index contributed by atoms with van der Waals surface area (Å²) in [4.78, 5) is 24.6. The predicted molar refractivity (Wildman–Crippen MR) is 102 cm³/mol. The summed E-state index contributed by atoms with van der Waals surface area (Å²) >= 11 is 0. The number of anilines is 1. The molecule has 2 bridgehead atoms. The van der Waals surface area contributed by atoms with Crippen molar-refractivity contribution in [3.63, 3.8) is 0 Å². The lowest BCUT2D eigenvalue weighted by molar-refractivity contribution is -0.129. The van der Waals surface area contributed by atoms with Crippen molar-refractivity contribution in [3.05, 3.63) is 28.8 Å². The summed E-state index contributed by atoms with van der Waals surface area (Å²) in [5.74, 6) is 0.490. The molecule has 0 heterocycles. The maximum atomic E-state index is 12.4. The fraction of sp³-hybridized carbons (Fsp3) is 0.579. The molecule has 138 valence electrons. The van der Waals surface area contributed by atoms with Gasteiger partial charge in [0.1, 0.15) is 0 Å². The van der Waals surface area contributed by atoms with Crippen LogP contribution in [0.3, 0.4) is 0 Å². The second kappa shape index (κ2) is 7.75. The molecule has 2 fully saturated rings.